The summed E-state index contributed by atoms with van der Waals surface area (Å²) in [6, 6.07) is 11.4. The van der Waals surface area contributed by atoms with Crippen LogP contribution < -0.4 is 10.4 Å². The van der Waals surface area contributed by atoms with Crippen molar-refractivity contribution in [3.63, 3.8) is 0 Å². The first kappa shape index (κ1) is 12.1. The molecule has 0 amide bonds. The average Bonchev–Trinajstić information content (AvgIpc) is 2.39. The Bertz CT molecular complexity index is 852. The molecular formula is C15H12ClNO2. The highest BCUT2D eigenvalue weighted by Gasteiger charge is 2.13. The van der Waals surface area contributed by atoms with E-state index >= 15 is 0 Å². The number of hydrogen-bond donors (Lipinski definition) is 0. The SMILES string of the molecule is COn1c(=O)c2c(Cl)cccc2c2ccc(C)cc21. The molecule has 0 N–H and O–H groups in total. The Balaban J connectivity index is 2.69. The third-order valence-corrected chi connectivity index (χ3v) is 3.57. The molecule has 0 spiro atoms. The van der Waals surface area contributed by atoms with Crippen LogP contribution in [0.4, 0.5) is 0 Å². The van der Waals surface area contributed by atoms with Gasteiger partial charge in [-0.25, -0.2) is 0 Å². The first-order valence-electron chi connectivity index (χ1n) is 5.91. The van der Waals surface area contributed by atoms with Crippen LogP contribution in [0, 0.1) is 6.92 Å². The fourth-order valence-corrected chi connectivity index (χ4v) is 2.65. The molecule has 0 aliphatic rings. The van der Waals surface area contributed by atoms with Crippen LogP contribution in [-0.4, -0.2) is 11.8 Å². The van der Waals surface area contributed by atoms with Crippen molar-refractivity contribution in [1.29, 1.82) is 0 Å². The monoisotopic (exact) mass is 273 g/mol. The van der Waals surface area contributed by atoms with Crippen LogP contribution in [0.25, 0.3) is 21.7 Å². The summed E-state index contributed by atoms with van der Waals surface area (Å²) in [5, 5.41) is 2.73. The molecule has 0 unspecified atom stereocenters. The highest BCUT2D eigenvalue weighted by atomic mass is 35.5. The van der Waals surface area contributed by atoms with Gasteiger partial charge in [0.25, 0.3) is 5.56 Å². The largest absolute Gasteiger partial charge is 0.413 e. The fourth-order valence-electron chi connectivity index (χ4n) is 2.40. The molecule has 0 fully saturated rings. The number of fused-ring (bicyclic) bond motifs is 3. The number of benzene rings is 2. The van der Waals surface area contributed by atoms with Gasteiger partial charge in [0.05, 0.1) is 15.9 Å². The molecule has 0 aliphatic heterocycles. The Kier molecular flexibility index (Phi) is 2.72. The molecule has 0 aliphatic carbocycles. The lowest BCUT2D eigenvalue weighted by Crippen LogP contribution is -2.25. The van der Waals surface area contributed by atoms with Crippen molar-refractivity contribution in [2.45, 2.75) is 6.92 Å². The fraction of sp³-hybridized carbons (Fsp3) is 0.133. The summed E-state index contributed by atoms with van der Waals surface area (Å²) in [7, 11) is 1.48. The van der Waals surface area contributed by atoms with Crippen molar-refractivity contribution in [1.82, 2.24) is 4.73 Å². The van der Waals surface area contributed by atoms with Gasteiger partial charge in [0, 0.05) is 5.39 Å². The van der Waals surface area contributed by atoms with Gasteiger partial charge in [-0.1, -0.05) is 35.9 Å². The van der Waals surface area contributed by atoms with E-state index in [9.17, 15) is 4.79 Å². The van der Waals surface area contributed by atoms with E-state index in [1.165, 1.54) is 11.8 Å². The van der Waals surface area contributed by atoms with Crippen molar-refractivity contribution in [2.24, 2.45) is 0 Å². The Morgan fingerprint density at radius 3 is 2.68 bits per heavy atom. The summed E-state index contributed by atoms with van der Waals surface area (Å²) in [4.78, 5) is 17.7. The third-order valence-electron chi connectivity index (χ3n) is 3.26. The van der Waals surface area contributed by atoms with Gasteiger partial charge in [-0.05, 0) is 30.0 Å². The van der Waals surface area contributed by atoms with Crippen LogP contribution in [0.1, 0.15) is 5.56 Å². The number of nitrogens with zero attached hydrogens (tertiary/aromatic N) is 1. The molecule has 0 radical (unpaired) electrons. The van der Waals surface area contributed by atoms with Gasteiger partial charge in [-0.2, -0.15) is 0 Å². The molecule has 0 atom stereocenters. The molecule has 1 aromatic heterocycles. The van der Waals surface area contributed by atoms with Crippen LogP contribution in [-0.2, 0) is 0 Å². The van der Waals surface area contributed by atoms with Gasteiger partial charge in [0.1, 0.15) is 7.11 Å². The molecule has 1 heterocycles. The van der Waals surface area contributed by atoms with Crippen molar-refractivity contribution < 1.29 is 4.84 Å². The maximum absolute atomic E-state index is 12.5. The van der Waals surface area contributed by atoms with Gasteiger partial charge in [0.15, 0.2) is 0 Å². The number of aryl methyl sites for hydroxylation is 1. The molecule has 0 saturated carbocycles. The van der Waals surface area contributed by atoms with E-state index < -0.39 is 0 Å². The number of halogens is 1. The molecule has 3 rings (SSSR count). The topological polar surface area (TPSA) is 31.2 Å². The zero-order valence-electron chi connectivity index (χ0n) is 10.6. The lowest BCUT2D eigenvalue weighted by atomic mass is 10.0. The first-order chi connectivity index (χ1) is 9.13. The van der Waals surface area contributed by atoms with Crippen molar-refractivity contribution in [2.75, 3.05) is 7.11 Å². The van der Waals surface area contributed by atoms with Gasteiger partial charge >= 0.3 is 0 Å². The minimum absolute atomic E-state index is 0.235. The van der Waals surface area contributed by atoms with Crippen LogP contribution in [0.3, 0.4) is 0 Å². The van der Waals surface area contributed by atoms with E-state index in [2.05, 4.69) is 0 Å². The number of rotatable bonds is 1. The van der Waals surface area contributed by atoms with Crippen LogP contribution in [0.2, 0.25) is 5.02 Å². The molecule has 0 bridgehead atoms. The summed E-state index contributed by atoms with van der Waals surface area (Å²) in [6.07, 6.45) is 0. The highest BCUT2D eigenvalue weighted by molar-refractivity contribution is 6.36. The standard InChI is InChI=1S/C15H12ClNO2/c1-9-6-7-10-11-4-3-5-12(16)14(11)15(18)17(19-2)13(10)8-9/h3-8H,1-2H3. The molecule has 3 aromatic rings. The second-order valence-electron chi connectivity index (χ2n) is 4.47. The zero-order chi connectivity index (χ0) is 13.6. The lowest BCUT2D eigenvalue weighted by Gasteiger charge is -2.12. The predicted octanol–water partition coefficient (Wildman–Crippen LogP) is 3.17. The van der Waals surface area contributed by atoms with Crippen molar-refractivity contribution >= 4 is 33.3 Å². The maximum atomic E-state index is 12.5. The van der Waals surface area contributed by atoms with Crippen molar-refractivity contribution in [3.8, 4) is 0 Å². The van der Waals surface area contributed by atoms with Gasteiger partial charge < -0.3 is 4.84 Å². The van der Waals surface area contributed by atoms with E-state index in [1.54, 1.807) is 6.07 Å². The first-order valence-corrected chi connectivity index (χ1v) is 6.29. The molecule has 3 nitrogen and oxygen atoms in total. The Morgan fingerprint density at radius 2 is 1.95 bits per heavy atom. The summed E-state index contributed by atoms with van der Waals surface area (Å²) in [6.45, 7) is 1.98. The normalized spacial score (nSPS) is 11.1. The van der Waals surface area contributed by atoms with Crippen LogP contribution in [0.15, 0.2) is 41.2 Å². The second-order valence-corrected chi connectivity index (χ2v) is 4.87. The van der Waals surface area contributed by atoms with Gasteiger partial charge in [0.2, 0.25) is 0 Å². The molecular weight excluding hydrogens is 262 g/mol. The molecule has 19 heavy (non-hydrogen) atoms. The Morgan fingerprint density at radius 1 is 1.16 bits per heavy atom. The average molecular weight is 274 g/mol. The highest BCUT2D eigenvalue weighted by Crippen LogP contribution is 2.27. The molecule has 0 saturated heterocycles. The van der Waals surface area contributed by atoms with Crippen LogP contribution >= 0.6 is 11.6 Å². The zero-order valence-corrected chi connectivity index (χ0v) is 11.4. The number of aromatic nitrogens is 1. The maximum Gasteiger partial charge on any atom is 0.292 e. The second kappa shape index (κ2) is 4.28. The smallest absolute Gasteiger partial charge is 0.292 e. The quantitative estimate of drug-likeness (QED) is 0.638. The molecule has 4 heteroatoms. The minimum Gasteiger partial charge on any atom is -0.413 e. The minimum atomic E-state index is -0.235. The van der Waals surface area contributed by atoms with Crippen LogP contribution in [0.5, 0.6) is 0 Å². The van der Waals surface area contributed by atoms with Crippen molar-refractivity contribution in [3.05, 3.63) is 57.3 Å². The Labute approximate surface area is 114 Å². The van der Waals surface area contributed by atoms with E-state index in [0.29, 0.717) is 10.4 Å². The summed E-state index contributed by atoms with van der Waals surface area (Å²) in [5.41, 5.74) is 1.59. The number of pyridine rings is 1. The Hall–Kier alpha value is -2.00. The van der Waals surface area contributed by atoms with E-state index in [1.807, 2.05) is 37.3 Å². The van der Waals surface area contributed by atoms with Gasteiger partial charge in [-0.15, -0.1) is 4.73 Å². The molecule has 2 aromatic carbocycles. The summed E-state index contributed by atoms with van der Waals surface area (Å²) < 4.78 is 1.29. The van der Waals surface area contributed by atoms with Gasteiger partial charge in [-0.3, -0.25) is 4.79 Å². The van der Waals surface area contributed by atoms with E-state index in [-0.39, 0.29) is 5.56 Å². The van der Waals surface area contributed by atoms with E-state index in [4.69, 9.17) is 16.4 Å². The third kappa shape index (κ3) is 1.70. The molecule has 96 valence electrons. The van der Waals surface area contributed by atoms with E-state index in [0.717, 1.165) is 21.9 Å². The lowest BCUT2D eigenvalue weighted by molar-refractivity contribution is 0.170. The number of hydrogen-bond acceptors (Lipinski definition) is 2. The summed E-state index contributed by atoms with van der Waals surface area (Å²) in [5.74, 6) is 0. The summed E-state index contributed by atoms with van der Waals surface area (Å²) >= 11 is 6.15. The predicted molar refractivity (Wildman–Crippen MR) is 78.0 cm³/mol.